The molecule has 0 saturated heterocycles. The zero-order chi connectivity index (χ0) is 11.0. The molecule has 1 unspecified atom stereocenters. The Hall–Kier alpha value is -1.42. The molecule has 0 saturated carbocycles. The third-order valence-electron chi connectivity index (χ3n) is 2.57. The number of benzene rings is 1. The maximum Gasteiger partial charge on any atom is 0.168 e. The summed E-state index contributed by atoms with van der Waals surface area (Å²) in [6.45, 7) is 1.58. The van der Waals surface area contributed by atoms with Crippen LogP contribution < -0.4 is 4.74 Å². The second-order valence-electron chi connectivity index (χ2n) is 3.50. The number of hydrogen-bond donors (Lipinski definition) is 1. The molecule has 1 heterocycles. The number of ether oxygens (including phenoxy) is 1. The molecule has 0 fully saturated rings. The van der Waals surface area contributed by atoms with E-state index in [0.29, 0.717) is 11.1 Å². The van der Waals surface area contributed by atoms with E-state index in [9.17, 15) is 8.78 Å². The predicted molar refractivity (Wildman–Crippen MR) is 50.6 cm³/mol. The van der Waals surface area contributed by atoms with Crippen molar-refractivity contribution in [1.29, 1.82) is 0 Å². The fourth-order valence-electron chi connectivity index (χ4n) is 1.64. The lowest BCUT2D eigenvalue weighted by Crippen LogP contribution is -2.12. The Morgan fingerprint density at radius 2 is 2.13 bits per heavy atom. The number of halogens is 2. The van der Waals surface area contributed by atoms with Crippen molar-refractivity contribution in [2.45, 2.75) is 12.8 Å². The Bertz CT molecular complexity index is 427. The van der Waals surface area contributed by atoms with Gasteiger partial charge in [0, 0.05) is 17.5 Å². The summed E-state index contributed by atoms with van der Waals surface area (Å²) in [5.74, 6) is -1.55. The van der Waals surface area contributed by atoms with Crippen LogP contribution in [-0.2, 0) is 0 Å². The van der Waals surface area contributed by atoms with E-state index >= 15 is 0 Å². The molecule has 1 atom stereocenters. The molecule has 0 spiro atoms. The summed E-state index contributed by atoms with van der Waals surface area (Å²) in [7, 11) is 0. The minimum absolute atomic E-state index is 0.0427. The third kappa shape index (κ3) is 1.61. The Balaban J connectivity index is 2.52. The van der Waals surface area contributed by atoms with Gasteiger partial charge in [0.15, 0.2) is 11.6 Å². The lowest BCUT2D eigenvalue weighted by Gasteiger charge is -2.23. The summed E-state index contributed by atoms with van der Waals surface area (Å²) in [5, 5.41) is 8.99. The standard InChI is InChI=1S/C11H10F2O2/c1-6-7(4-14)5-15-11-9(6)2-8(12)3-10(11)13/h2-3,5-6,14H,4H2,1H3. The van der Waals surface area contributed by atoms with E-state index in [1.54, 1.807) is 6.92 Å². The van der Waals surface area contributed by atoms with E-state index in [1.165, 1.54) is 12.3 Å². The lowest BCUT2D eigenvalue weighted by atomic mass is 9.91. The minimum Gasteiger partial charge on any atom is -0.462 e. The highest BCUT2D eigenvalue weighted by Crippen LogP contribution is 2.37. The number of aliphatic hydroxyl groups is 1. The smallest absolute Gasteiger partial charge is 0.168 e. The summed E-state index contributed by atoms with van der Waals surface area (Å²) in [4.78, 5) is 0. The largest absolute Gasteiger partial charge is 0.462 e. The number of hydrogen-bond acceptors (Lipinski definition) is 2. The molecule has 80 valence electrons. The Morgan fingerprint density at radius 3 is 2.80 bits per heavy atom. The molecule has 0 aliphatic carbocycles. The second-order valence-corrected chi connectivity index (χ2v) is 3.50. The van der Waals surface area contributed by atoms with Crippen LogP contribution in [0.15, 0.2) is 24.0 Å². The van der Waals surface area contributed by atoms with Crippen molar-refractivity contribution >= 4 is 0 Å². The van der Waals surface area contributed by atoms with Gasteiger partial charge in [0.05, 0.1) is 12.9 Å². The maximum absolute atomic E-state index is 13.3. The van der Waals surface area contributed by atoms with Crippen LogP contribution in [-0.4, -0.2) is 11.7 Å². The molecule has 1 aromatic carbocycles. The molecule has 0 radical (unpaired) electrons. The molecular weight excluding hydrogens is 202 g/mol. The number of fused-ring (bicyclic) bond motifs is 1. The quantitative estimate of drug-likeness (QED) is 0.774. The van der Waals surface area contributed by atoms with Crippen molar-refractivity contribution < 1.29 is 18.6 Å². The van der Waals surface area contributed by atoms with E-state index in [0.717, 1.165) is 6.07 Å². The van der Waals surface area contributed by atoms with Crippen LogP contribution >= 0.6 is 0 Å². The summed E-state index contributed by atoms with van der Waals surface area (Å²) in [5.41, 5.74) is 1.03. The van der Waals surface area contributed by atoms with Crippen molar-refractivity contribution in [3.8, 4) is 5.75 Å². The molecule has 2 rings (SSSR count). The zero-order valence-corrected chi connectivity index (χ0v) is 8.13. The van der Waals surface area contributed by atoms with Gasteiger partial charge in [-0.15, -0.1) is 0 Å². The van der Waals surface area contributed by atoms with Crippen molar-refractivity contribution in [3.63, 3.8) is 0 Å². The molecule has 0 amide bonds. The van der Waals surface area contributed by atoms with Gasteiger partial charge in [0.2, 0.25) is 0 Å². The van der Waals surface area contributed by atoms with Gasteiger partial charge in [-0.25, -0.2) is 8.78 Å². The predicted octanol–water partition coefficient (Wildman–Crippen LogP) is 2.34. The molecule has 1 aliphatic heterocycles. The average molecular weight is 212 g/mol. The van der Waals surface area contributed by atoms with Crippen molar-refractivity contribution in [2.24, 2.45) is 0 Å². The fourth-order valence-corrected chi connectivity index (χ4v) is 1.64. The first-order chi connectivity index (χ1) is 7.13. The van der Waals surface area contributed by atoms with E-state index in [-0.39, 0.29) is 18.3 Å². The maximum atomic E-state index is 13.3. The lowest BCUT2D eigenvalue weighted by molar-refractivity contribution is 0.307. The van der Waals surface area contributed by atoms with Crippen LogP contribution in [0.2, 0.25) is 0 Å². The van der Waals surface area contributed by atoms with E-state index in [1.807, 2.05) is 0 Å². The Morgan fingerprint density at radius 1 is 1.40 bits per heavy atom. The summed E-state index contributed by atoms with van der Waals surface area (Å²) in [6, 6.07) is 2.01. The first-order valence-electron chi connectivity index (χ1n) is 4.59. The highest BCUT2D eigenvalue weighted by atomic mass is 19.1. The molecule has 1 N–H and O–H groups in total. The SMILES string of the molecule is CC1C(CO)=COc2c(F)cc(F)cc21. The highest BCUT2D eigenvalue weighted by Gasteiger charge is 2.24. The average Bonchev–Trinajstić information content (AvgIpc) is 2.19. The second kappa shape index (κ2) is 3.62. The van der Waals surface area contributed by atoms with Gasteiger partial charge in [0.1, 0.15) is 5.82 Å². The van der Waals surface area contributed by atoms with Gasteiger partial charge >= 0.3 is 0 Å². The molecule has 0 aromatic heterocycles. The number of aliphatic hydroxyl groups excluding tert-OH is 1. The molecule has 2 nitrogen and oxygen atoms in total. The molecule has 1 aliphatic rings. The third-order valence-corrected chi connectivity index (χ3v) is 2.57. The molecule has 1 aromatic rings. The first-order valence-corrected chi connectivity index (χ1v) is 4.59. The molecule has 0 bridgehead atoms. The van der Waals surface area contributed by atoms with Gasteiger partial charge in [0.25, 0.3) is 0 Å². The summed E-state index contributed by atoms with van der Waals surface area (Å²) in [6.07, 6.45) is 1.31. The Labute approximate surface area is 85.8 Å². The van der Waals surface area contributed by atoms with Crippen LogP contribution in [0.1, 0.15) is 18.4 Å². The minimum atomic E-state index is -0.718. The molecule has 4 heteroatoms. The van der Waals surface area contributed by atoms with Gasteiger partial charge in [-0.2, -0.15) is 0 Å². The van der Waals surface area contributed by atoms with Crippen LogP contribution in [0, 0.1) is 11.6 Å². The monoisotopic (exact) mass is 212 g/mol. The van der Waals surface area contributed by atoms with Crippen molar-refractivity contribution in [3.05, 3.63) is 41.2 Å². The zero-order valence-electron chi connectivity index (χ0n) is 8.13. The molecule has 15 heavy (non-hydrogen) atoms. The van der Waals surface area contributed by atoms with Crippen LogP contribution in [0.3, 0.4) is 0 Å². The van der Waals surface area contributed by atoms with Crippen LogP contribution in [0.25, 0.3) is 0 Å². The number of rotatable bonds is 1. The van der Waals surface area contributed by atoms with Crippen LogP contribution in [0.4, 0.5) is 8.78 Å². The van der Waals surface area contributed by atoms with Gasteiger partial charge in [-0.3, -0.25) is 0 Å². The highest BCUT2D eigenvalue weighted by molar-refractivity contribution is 5.44. The first kappa shape index (κ1) is 10.1. The Kier molecular flexibility index (Phi) is 2.44. The van der Waals surface area contributed by atoms with Crippen LogP contribution in [0.5, 0.6) is 5.75 Å². The van der Waals surface area contributed by atoms with Crippen molar-refractivity contribution in [1.82, 2.24) is 0 Å². The van der Waals surface area contributed by atoms with E-state index < -0.39 is 11.6 Å². The van der Waals surface area contributed by atoms with E-state index in [2.05, 4.69) is 0 Å². The van der Waals surface area contributed by atoms with Gasteiger partial charge < -0.3 is 9.84 Å². The van der Waals surface area contributed by atoms with Crippen molar-refractivity contribution in [2.75, 3.05) is 6.61 Å². The van der Waals surface area contributed by atoms with Gasteiger partial charge in [-0.05, 0) is 11.6 Å². The molecular formula is C11H10F2O2. The van der Waals surface area contributed by atoms with Gasteiger partial charge in [-0.1, -0.05) is 6.92 Å². The normalized spacial score (nSPS) is 19.2. The fraction of sp³-hybridized carbons (Fsp3) is 0.273. The van der Waals surface area contributed by atoms with E-state index in [4.69, 9.17) is 9.84 Å². The summed E-state index contributed by atoms with van der Waals surface area (Å²) < 4.78 is 31.3. The topological polar surface area (TPSA) is 29.5 Å². The summed E-state index contributed by atoms with van der Waals surface area (Å²) >= 11 is 0.